The summed E-state index contributed by atoms with van der Waals surface area (Å²) in [5.41, 5.74) is 6.84. The minimum atomic E-state index is 0.211. The van der Waals surface area contributed by atoms with Gasteiger partial charge in [-0.3, -0.25) is 0 Å². The Labute approximate surface area is 673 Å². The molecule has 6 aromatic rings. The van der Waals surface area contributed by atoms with Gasteiger partial charge >= 0.3 is 0 Å². The van der Waals surface area contributed by atoms with Crippen molar-refractivity contribution in [3.63, 3.8) is 0 Å². The van der Waals surface area contributed by atoms with E-state index in [9.17, 15) is 0 Å². The maximum atomic E-state index is 6.38. The van der Waals surface area contributed by atoms with Crippen LogP contribution < -0.4 is 37.9 Å². The summed E-state index contributed by atoms with van der Waals surface area (Å²) < 4.78 is 149. The number of ether oxygens (including phenoxy) is 26. The molecule has 0 heterocycles. The molecule has 0 saturated carbocycles. The van der Waals surface area contributed by atoms with Gasteiger partial charge in [0.2, 0.25) is 11.5 Å². The third-order valence-electron chi connectivity index (χ3n) is 15.4. The summed E-state index contributed by atoms with van der Waals surface area (Å²) in [5, 5.41) is 0. The van der Waals surface area contributed by atoms with Gasteiger partial charge in [-0.05, 0) is 95.8 Å². The van der Waals surface area contributed by atoms with Gasteiger partial charge in [0.25, 0.3) is 0 Å². The minimum Gasteiger partial charge on any atom is -0.489 e. The molecule has 0 aliphatic carbocycles. The molecule has 0 fully saturated rings. The van der Waals surface area contributed by atoms with Crippen LogP contribution in [0.5, 0.6) is 46.0 Å². The second kappa shape index (κ2) is 64.5. The van der Waals surface area contributed by atoms with E-state index >= 15 is 0 Å². The van der Waals surface area contributed by atoms with Gasteiger partial charge in [0.15, 0.2) is 23.0 Å². The van der Waals surface area contributed by atoms with Crippen LogP contribution in [0.15, 0.2) is 121 Å². The molecule has 0 aliphatic rings. The Balaban J connectivity index is 1.01. The quantitative estimate of drug-likeness (QED) is 0.0255. The molecule has 0 saturated heterocycles. The lowest BCUT2D eigenvalue weighted by molar-refractivity contribution is 0.0146. The fraction of sp³-hybridized carbons (Fsp3) is 0.500. The van der Waals surface area contributed by atoms with Gasteiger partial charge in [0.1, 0.15) is 64.4 Å². The highest BCUT2D eigenvalue weighted by atomic mass is 16.6. The van der Waals surface area contributed by atoms with Crippen molar-refractivity contribution in [1.82, 2.24) is 0 Å². The Morgan fingerprint density at radius 1 is 0.184 bits per heavy atom. The molecule has 0 aliphatic heterocycles. The Morgan fingerprint density at radius 3 is 0.570 bits per heavy atom. The predicted molar refractivity (Wildman–Crippen MR) is 427 cm³/mol. The van der Waals surface area contributed by atoms with E-state index in [2.05, 4.69) is 47.4 Å². The molecule has 0 bridgehead atoms. The van der Waals surface area contributed by atoms with Crippen molar-refractivity contribution in [2.75, 3.05) is 281 Å². The van der Waals surface area contributed by atoms with Crippen LogP contribution in [-0.2, 0) is 98.5 Å². The van der Waals surface area contributed by atoms with Gasteiger partial charge in [-0.1, -0.05) is 59.8 Å². The highest BCUT2D eigenvalue weighted by molar-refractivity contribution is 5.58. The first-order valence-corrected chi connectivity index (χ1v) is 38.1. The van der Waals surface area contributed by atoms with Gasteiger partial charge in [0, 0.05) is 100 Å². The average Bonchev–Trinajstić information content (AvgIpc) is 0.823. The standard InChI is InChI=1S/C88H114O26/c1-89-31-37-95-43-49-101-55-61-107-83-67-81(68-84(108-62-56-102-50-44-96-38-32-90-2)87(83)111-65-59-105-53-47-99-41-35-93-5)113-71-79-27-23-77(24-28-79)21-19-75-15-11-73(12-16-75)9-7-8-10-74-13-17-76(18-14-74)20-22-78-25-29-80(30-26-78)72-114-82-69-85(109-63-57-103-51-45-97-39-33-91-3)88(112-66-60-106-54-48-100-42-36-94-6)86(70-82)110-64-58-104-52-46-98-40-34-92-4/h11-18,23-30,67-70H,31-66,71-72H2,1-6H3. The van der Waals surface area contributed by atoms with Crippen molar-refractivity contribution >= 4 is 0 Å². The number of benzene rings is 6. The zero-order valence-corrected chi connectivity index (χ0v) is 67.0. The molecule has 26 heteroatoms. The normalized spacial score (nSPS) is 10.8. The minimum absolute atomic E-state index is 0.211. The second-order valence-electron chi connectivity index (χ2n) is 24.0. The summed E-state index contributed by atoms with van der Waals surface area (Å²) in [7, 11) is 9.78. The van der Waals surface area contributed by atoms with Crippen LogP contribution in [0.2, 0.25) is 0 Å². The highest BCUT2D eigenvalue weighted by Gasteiger charge is 2.20. The number of methoxy groups -OCH3 is 6. The highest BCUT2D eigenvalue weighted by Crippen LogP contribution is 2.43. The molecule has 6 rings (SSSR count). The molecule has 6 aromatic carbocycles. The molecular weight excluding hydrogens is 1470 g/mol. The molecule has 0 atom stereocenters. The van der Waals surface area contributed by atoms with E-state index in [1.165, 1.54) is 0 Å². The largest absolute Gasteiger partial charge is 0.489 e. The van der Waals surface area contributed by atoms with Gasteiger partial charge < -0.3 is 123 Å². The number of rotatable bonds is 66. The molecule has 622 valence electrons. The molecular formula is C88H114O26. The van der Waals surface area contributed by atoms with Crippen molar-refractivity contribution in [3.05, 3.63) is 166 Å². The summed E-state index contributed by atoms with van der Waals surface area (Å²) in [5.74, 6) is 28.7. The predicted octanol–water partition coefficient (Wildman–Crippen LogP) is 9.40. The first-order chi connectivity index (χ1) is 56.4. The lowest BCUT2D eigenvalue weighted by atomic mass is 10.1. The fourth-order valence-electron chi connectivity index (χ4n) is 9.49. The maximum absolute atomic E-state index is 6.38. The van der Waals surface area contributed by atoms with E-state index < -0.39 is 0 Å². The van der Waals surface area contributed by atoms with Crippen molar-refractivity contribution in [2.24, 2.45) is 0 Å². The first kappa shape index (κ1) is 94.1. The number of hydrogen-bond donors (Lipinski definition) is 0. The molecule has 0 aromatic heterocycles. The molecule has 0 unspecified atom stereocenters. The SMILES string of the molecule is COCCOCCOCCOc1cc(OCc2ccc(C#Cc3ccc(C#CC#Cc4ccc(C#Cc5ccc(COc6cc(OCCOCCOCCOC)c(OCCOCCOCCOC)c(OCCOCCOCCOC)c6)cc5)cc4)cc3)cc2)cc(OCCOCCOCCOC)c1OCCOCCOCCOC. The van der Waals surface area contributed by atoms with Crippen LogP contribution in [0.1, 0.15) is 44.5 Å². The summed E-state index contributed by atoms with van der Waals surface area (Å²) in [6.45, 7) is 14.5. The third kappa shape index (κ3) is 44.2. The van der Waals surface area contributed by atoms with Crippen LogP contribution in [0.3, 0.4) is 0 Å². The third-order valence-corrected chi connectivity index (χ3v) is 15.4. The van der Waals surface area contributed by atoms with Crippen molar-refractivity contribution in [1.29, 1.82) is 0 Å². The first-order valence-electron chi connectivity index (χ1n) is 38.1. The number of hydrogen-bond acceptors (Lipinski definition) is 26. The smallest absolute Gasteiger partial charge is 0.203 e. The van der Waals surface area contributed by atoms with E-state index in [-0.39, 0.29) is 52.9 Å². The molecule has 114 heavy (non-hydrogen) atoms. The van der Waals surface area contributed by atoms with Gasteiger partial charge in [-0.25, -0.2) is 0 Å². The topological polar surface area (TPSA) is 240 Å². The van der Waals surface area contributed by atoms with E-state index in [4.69, 9.17) is 123 Å². The summed E-state index contributed by atoms with van der Waals surface area (Å²) in [4.78, 5) is 0. The molecule has 26 nitrogen and oxygen atoms in total. The Kier molecular flexibility index (Phi) is 53.2. The van der Waals surface area contributed by atoms with Crippen LogP contribution in [0.4, 0.5) is 0 Å². The van der Waals surface area contributed by atoms with Gasteiger partial charge in [-0.15, -0.1) is 0 Å². The van der Waals surface area contributed by atoms with Crippen LogP contribution >= 0.6 is 0 Å². The average molecular weight is 1590 g/mol. The Morgan fingerprint density at radius 2 is 0.360 bits per heavy atom. The Hall–Kier alpha value is -8.76. The zero-order chi connectivity index (χ0) is 80.3. The van der Waals surface area contributed by atoms with Crippen LogP contribution in [-0.4, -0.2) is 281 Å². The Bertz CT molecular complexity index is 3370. The van der Waals surface area contributed by atoms with E-state index in [1.807, 2.05) is 97.1 Å². The second-order valence-corrected chi connectivity index (χ2v) is 24.0. The zero-order valence-electron chi connectivity index (χ0n) is 67.0. The van der Waals surface area contributed by atoms with Crippen LogP contribution in [0.25, 0.3) is 0 Å². The van der Waals surface area contributed by atoms with Crippen LogP contribution in [0, 0.1) is 47.4 Å². The van der Waals surface area contributed by atoms with Gasteiger partial charge in [0.05, 0.1) is 198 Å². The summed E-state index contributed by atoms with van der Waals surface area (Å²) in [6, 6.07) is 38.3. The monoisotopic (exact) mass is 1590 g/mol. The summed E-state index contributed by atoms with van der Waals surface area (Å²) >= 11 is 0. The molecule has 0 spiro atoms. The van der Waals surface area contributed by atoms with Crippen molar-refractivity contribution < 1.29 is 123 Å². The lowest BCUT2D eigenvalue weighted by Gasteiger charge is -2.19. The lowest BCUT2D eigenvalue weighted by Crippen LogP contribution is -2.15. The van der Waals surface area contributed by atoms with Crippen molar-refractivity contribution in [3.8, 4) is 93.4 Å². The van der Waals surface area contributed by atoms with E-state index in [0.717, 1.165) is 44.5 Å². The molecule has 0 amide bonds. The van der Waals surface area contributed by atoms with E-state index in [1.54, 1.807) is 66.9 Å². The summed E-state index contributed by atoms with van der Waals surface area (Å²) in [6.07, 6.45) is 0. The van der Waals surface area contributed by atoms with Gasteiger partial charge in [-0.2, -0.15) is 0 Å². The maximum Gasteiger partial charge on any atom is 0.203 e. The van der Waals surface area contributed by atoms with E-state index in [0.29, 0.717) is 244 Å². The molecule has 0 N–H and O–H groups in total. The van der Waals surface area contributed by atoms with Crippen molar-refractivity contribution in [2.45, 2.75) is 13.2 Å². The molecule has 0 radical (unpaired) electrons. The fourth-order valence-corrected chi connectivity index (χ4v) is 9.49.